The number of nitrogens with one attached hydrogen (secondary N) is 1. The number of likely N-dealkylation sites (tertiary alicyclic amines) is 1. The van der Waals surface area contributed by atoms with Gasteiger partial charge >= 0.3 is 0 Å². The first-order valence-electron chi connectivity index (χ1n) is 7.01. The van der Waals surface area contributed by atoms with Gasteiger partial charge in [-0.2, -0.15) is 0 Å². The summed E-state index contributed by atoms with van der Waals surface area (Å²) in [5, 5.41) is 4.00. The number of nitrogens with two attached hydrogens (primary N) is 1. The largest absolute Gasteiger partial charge is 0.371 e. The first-order valence-corrected chi connectivity index (χ1v) is 7.38. The molecule has 1 heterocycles. The van der Waals surface area contributed by atoms with E-state index in [9.17, 15) is 4.79 Å². The topological polar surface area (TPSA) is 58.4 Å². The van der Waals surface area contributed by atoms with Crippen molar-refractivity contribution in [3.8, 4) is 0 Å². The van der Waals surface area contributed by atoms with Crippen molar-refractivity contribution in [1.82, 2.24) is 4.90 Å². The Kier molecular flexibility index (Phi) is 4.55. The third kappa shape index (κ3) is 3.25. The SMILES string of the molecule is CC(C)N1CCC(Nc2ccc(Cl)cc2)(C(N)=O)CC1. The average Bonchev–Trinajstić information content (AvgIpc) is 2.42. The third-order valence-electron chi connectivity index (χ3n) is 4.08. The highest BCUT2D eigenvalue weighted by molar-refractivity contribution is 6.30. The van der Waals surface area contributed by atoms with Crippen LogP contribution >= 0.6 is 11.6 Å². The predicted octanol–water partition coefficient (Wildman–Crippen LogP) is 2.48. The molecule has 1 aromatic rings. The number of primary amides is 1. The number of amides is 1. The van der Waals surface area contributed by atoms with Crippen molar-refractivity contribution >= 4 is 23.2 Å². The number of halogens is 1. The van der Waals surface area contributed by atoms with Crippen LogP contribution in [-0.4, -0.2) is 35.5 Å². The Labute approximate surface area is 125 Å². The highest BCUT2D eigenvalue weighted by Gasteiger charge is 2.40. The summed E-state index contributed by atoms with van der Waals surface area (Å²) in [5.41, 5.74) is 5.88. The zero-order valence-electron chi connectivity index (χ0n) is 12.0. The molecule has 0 bridgehead atoms. The van der Waals surface area contributed by atoms with Gasteiger partial charge in [-0.15, -0.1) is 0 Å². The minimum absolute atomic E-state index is 0.282. The van der Waals surface area contributed by atoms with Gasteiger partial charge in [0.25, 0.3) is 0 Å². The summed E-state index contributed by atoms with van der Waals surface area (Å²) in [6.45, 7) is 6.09. The molecule has 0 radical (unpaired) electrons. The van der Waals surface area contributed by atoms with Gasteiger partial charge in [0.2, 0.25) is 5.91 Å². The summed E-state index contributed by atoms with van der Waals surface area (Å²) in [6.07, 6.45) is 1.45. The molecule has 1 aromatic carbocycles. The van der Waals surface area contributed by atoms with Gasteiger partial charge in [-0.25, -0.2) is 0 Å². The number of anilines is 1. The molecular weight excluding hydrogens is 274 g/mol. The number of rotatable bonds is 4. The lowest BCUT2D eigenvalue weighted by Gasteiger charge is -2.42. The van der Waals surface area contributed by atoms with Gasteiger partial charge in [0.15, 0.2) is 0 Å². The van der Waals surface area contributed by atoms with Crippen LogP contribution in [0.4, 0.5) is 5.69 Å². The smallest absolute Gasteiger partial charge is 0.243 e. The second kappa shape index (κ2) is 6.02. The summed E-state index contributed by atoms with van der Waals surface area (Å²) in [5.74, 6) is -0.282. The number of hydrogen-bond acceptors (Lipinski definition) is 3. The molecule has 0 atom stereocenters. The molecule has 3 N–H and O–H groups in total. The van der Waals surface area contributed by atoms with Gasteiger partial charge in [-0.3, -0.25) is 4.79 Å². The molecule has 0 aliphatic carbocycles. The molecule has 1 aliphatic heterocycles. The minimum atomic E-state index is -0.654. The van der Waals surface area contributed by atoms with E-state index in [1.165, 1.54) is 0 Å². The van der Waals surface area contributed by atoms with E-state index in [-0.39, 0.29) is 5.91 Å². The maximum Gasteiger partial charge on any atom is 0.243 e. The van der Waals surface area contributed by atoms with Gasteiger partial charge in [0.05, 0.1) is 0 Å². The molecule has 0 unspecified atom stereocenters. The van der Waals surface area contributed by atoms with Gasteiger partial charge < -0.3 is 16.0 Å². The third-order valence-corrected chi connectivity index (χ3v) is 4.33. The Morgan fingerprint density at radius 2 is 1.85 bits per heavy atom. The second-order valence-electron chi connectivity index (χ2n) is 5.71. The maximum atomic E-state index is 11.9. The Morgan fingerprint density at radius 3 is 2.30 bits per heavy atom. The molecule has 0 aromatic heterocycles. The first kappa shape index (κ1) is 15.1. The van der Waals surface area contributed by atoms with E-state index in [2.05, 4.69) is 24.1 Å². The van der Waals surface area contributed by atoms with Crippen molar-refractivity contribution in [1.29, 1.82) is 0 Å². The first-order chi connectivity index (χ1) is 9.43. The van der Waals surface area contributed by atoms with Crippen LogP contribution < -0.4 is 11.1 Å². The van der Waals surface area contributed by atoms with Gasteiger partial charge in [-0.05, 0) is 51.0 Å². The molecular formula is C15H22ClN3O. The maximum absolute atomic E-state index is 11.9. The number of hydrogen-bond donors (Lipinski definition) is 2. The Hall–Kier alpha value is -1.26. The quantitative estimate of drug-likeness (QED) is 0.897. The molecule has 4 nitrogen and oxygen atoms in total. The standard InChI is InChI=1S/C15H22ClN3O/c1-11(2)19-9-7-15(8-10-19,14(17)20)18-13-5-3-12(16)4-6-13/h3-6,11,18H,7-10H2,1-2H3,(H2,17,20). The lowest BCUT2D eigenvalue weighted by molar-refractivity contribution is -0.124. The van der Waals surface area contributed by atoms with Crippen molar-refractivity contribution in [3.63, 3.8) is 0 Å². The molecule has 5 heteroatoms. The summed E-state index contributed by atoms with van der Waals surface area (Å²) in [6, 6.07) is 7.87. The van der Waals surface area contributed by atoms with Gasteiger partial charge in [0.1, 0.15) is 5.54 Å². The number of piperidine rings is 1. The van der Waals surface area contributed by atoms with Crippen LogP contribution in [0.25, 0.3) is 0 Å². The van der Waals surface area contributed by atoms with Gasteiger partial charge in [-0.1, -0.05) is 11.6 Å². The van der Waals surface area contributed by atoms with E-state index >= 15 is 0 Å². The lowest BCUT2D eigenvalue weighted by Crippen LogP contribution is -2.57. The minimum Gasteiger partial charge on any atom is -0.371 e. The van der Waals surface area contributed by atoms with Crippen molar-refractivity contribution in [2.24, 2.45) is 5.73 Å². The molecule has 0 saturated carbocycles. The number of carbonyl (C=O) groups excluding carboxylic acids is 1. The molecule has 0 spiro atoms. The summed E-state index contributed by atoms with van der Waals surface area (Å²) in [4.78, 5) is 14.3. The zero-order valence-corrected chi connectivity index (χ0v) is 12.8. The molecule has 1 saturated heterocycles. The highest BCUT2D eigenvalue weighted by atomic mass is 35.5. The fourth-order valence-corrected chi connectivity index (χ4v) is 2.79. The molecule has 1 amide bonds. The van der Waals surface area contributed by atoms with E-state index in [1.54, 1.807) is 0 Å². The molecule has 20 heavy (non-hydrogen) atoms. The number of benzene rings is 1. The molecule has 2 rings (SSSR count). The monoisotopic (exact) mass is 295 g/mol. The molecule has 1 aliphatic rings. The van der Waals surface area contributed by atoms with Crippen molar-refractivity contribution in [3.05, 3.63) is 29.3 Å². The molecule has 110 valence electrons. The van der Waals surface area contributed by atoms with Crippen LogP contribution in [0.15, 0.2) is 24.3 Å². The number of nitrogens with zero attached hydrogens (tertiary/aromatic N) is 1. The summed E-state index contributed by atoms with van der Waals surface area (Å²) in [7, 11) is 0. The predicted molar refractivity (Wildman–Crippen MR) is 82.9 cm³/mol. The zero-order chi connectivity index (χ0) is 14.8. The van der Waals surface area contributed by atoms with E-state index in [0.29, 0.717) is 11.1 Å². The highest BCUT2D eigenvalue weighted by Crippen LogP contribution is 2.28. The van der Waals surface area contributed by atoms with Crippen LogP contribution in [0.3, 0.4) is 0 Å². The van der Waals surface area contributed by atoms with E-state index in [1.807, 2.05) is 24.3 Å². The Balaban J connectivity index is 2.12. The second-order valence-corrected chi connectivity index (χ2v) is 6.14. The average molecular weight is 296 g/mol. The van der Waals surface area contributed by atoms with Crippen LogP contribution in [0.1, 0.15) is 26.7 Å². The summed E-state index contributed by atoms with van der Waals surface area (Å²) >= 11 is 5.88. The Morgan fingerprint density at radius 1 is 1.30 bits per heavy atom. The fourth-order valence-electron chi connectivity index (χ4n) is 2.66. The molecule has 1 fully saturated rings. The van der Waals surface area contributed by atoms with Gasteiger partial charge in [0, 0.05) is 29.8 Å². The lowest BCUT2D eigenvalue weighted by atomic mass is 9.86. The van der Waals surface area contributed by atoms with E-state index in [4.69, 9.17) is 17.3 Å². The van der Waals surface area contributed by atoms with E-state index < -0.39 is 5.54 Å². The van der Waals surface area contributed by atoms with Crippen molar-refractivity contribution in [2.75, 3.05) is 18.4 Å². The Bertz CT molecular complexity index is 465. The number of carbonyl (C=O) groups is 1. The van der Waals surface area contributed by atoms with Crippen molar-refractivity contribution < 1.29 is 4.79 Å². The van der Waals surface area contributed by atoms with E-state index in [0.717, 1.165) is 31.6 Å². The van der Waals surface area contributed by atoms with Crippen molar-refractivity contribution in [2.45, 2.75) is 38.3 Å². The fraction of sp³-hybridized carbons (Fsp3) is 0.533. The van der Waals surface area contributed by atoms with Crippen LogP contribution in [0.5, 0.6) is 0 Å². The summed E-state index contributed by atoms with van der Waals surface area (Å²) < 4.78 is 0. The van der Waals surface area contributed by atoms with Crippen LogP contribution in [-0.2, 0) is 4.79 Å². The van der Waals surface area contributed by atoms with Crippen LogP contribution in [0, 0.1) is 0 Å². The normalized spacial score (nSPS) is 19.0. The van der Waals surface area contributed by atoms with Crippen LogP contribution in [0.2, 0.25) is 5.02 Å².